The molecule has 2 aliphatic heterocycles. The Morgan fingerprint density at radius 3 is 2.67 bits per heavy atom. The number of hydrogen-bond donors (Lipinski definition) is 3. The van der Waals surface area contributed by atoms with Gasteiger partial charge in [0.15, 0.2) is 0 Å². The zero-order valence-electron chi connectivity index (χ0n) is 29.3. The Morgan fingerprint density at radius 1 is 1.17 bits per heavy atom. The van der Waals surface area contributed by atoms with Crippen LogP contribution in [0.2, 0.25) is 5.02 Å². The number of likely N-dealkylation sites (tertiary alicyclic amines) is 1. The average Bonchev–Trinajstić information content (AvgIpc) is 3.46. The van der Waals surface area contributed by atoms with Crippen molar-refractivity contribution in [3.05, 3.63) is 41.2 Å². The summed E-state index contributed by atoms with van der Waals surface area (Å²) in [6.45, 7) is 9.66. The predicted octanol–water partition coefficient (Wildman–Crippen LogP) is 3.20. The summed E-state index contributed by atoms with van der Waals surface area (Å²) in [5.41, 5.74) is 6.77. The van der Waals surface area contributed by atoms with E-state index in [-0.39, 0.29) is 36.0 Å². The quantitative estimate of drug-likeness (QED) is 0.230. The molecule has 4 aliphatic rings. The number of fused-ring (bicyclic) bond motifs is 2. The molecule has 2 saturated heterocycles. The number of nitrogens with zero attached hydrogens (tertiary/aromatic N) is 5. The summed E-state index contributed by atoms with van der Waals surface area (Å²) in [7, 11) is 0. The Labute approximate surface area is 305 Å². The monoisotopic (exact) mass is 738 g/mol. The Bertz CT molecular complexity index is 1840. The van der Waals surface area contributed by atoms with Gasteiger partial charge in [-0.05, 0) is 42.4 Å². The molecule has 0 radical (unpaired) electrons. The van der Waals surface area contributed by atoms with Gasteiger partial charge in [-0.3, -0.25) is 14.5 Å². The van der Waals surface area contributed by atoms with Crippen molar-refractivity contribution < 1.29 is 38.1 Å². The summed E-state index contributed by atoms with van der Waals surface area (Å²) in [6, 6.07) is 3.20. The number of pyridine rings is 1. The van der Waals surface area contributed by atoms with Crippen molar-refractivity contribution >= 4 is 40.4 Å². The number of carbonyl (C=O) groups excluding carboxylic acids is 3. The minimum absolute atomic E-state index is 0.0186. The van der Waals surface area contributed by atoms with Gasteiger partial charge >= 0.3 is 12.1 Å². The van der Waals surface area contributed by atoms with Crippen LogP contribution < -0.4 is 25.3 Å². The Balaban J connectivity index is 1.10. The summed E-state index contributed by atoms with van der Waals surface area (Å²) >= 11 is 6.89. The number of aromatic nitrogens is 4. The number of alkyl carbamates (subject to hydrolysis) is 1. The molecule has 1 unspecified atom stereocenters. The number of nitrogens with two attached hydrogens (primary N) is 1. The van der Waals surface area contributed by atoms with E-state index in [0.717, 1.165) is 25.9 Å². The van der Waals surface area contributed by atoms with Crippen LogP contribution in [-0.2, 0) is 19.1 Å². The molecule has 3 aromatic rings. The normalized spacial score (nSPS) is 23.5. The van der Waals surface area contributed by atoms with Crippen LogP contribution in [0.25, 0.3) is 10.9 Å². The molecule has 52 heavy (non-hydrogen) atoms. The van der Waals surface area contributed by atoms with Gasteiger partial charge in [0.05, 0.1) is 19.8 Å². The molecule has 5 atom stereocenters. The third-order valence-electron chi connectivity index (χ3n) is 9.75. The van der Waals surface area contributed by atoms with Gasteiger partial charge < -0.3 is 39.6 Å². The standard InChI is InChI=1S/C35H43ClN8O8/c1-35(2,3)30(41-34(47)51-21-13-19-12-20(19)14-21)32(46)44-17-22(15-24(44)31(37)45)50-26-16-27(52-33-38-18-39-42-33)40-29-23(26)4-5-25(28(29)36)49-11-8-43-6-9-48-10-7-43/h4-5,13,16,18,20-22,24,30H,6-12,14-15,17H2,1-3H3,(H2,37,45)(H,41,47)(H,38,39,42)/t20-,21-,22?,24+,30-/m1/s1. The lowest BCUT2D eigenvalue weighted by atomic mass is 9.85. The third-order valence-corrected chi connectivity index (χ3v) is 10.1. The second-order valence-corrected chi connectivity index (χ2v) is 15.0. The lowest BCUT2D eigenvalue weighted by Gasteiger charge is -2.34. The Hall–Kier alpha value is -4.67. The van der Waals surface area contributed by atoms with Crippen molar-refractivity contribution in [3.63, 3.8) is 0 Å². The van der Waals surface area contributed by atoms with Crippen LogP contribution in [0.5, 0.6) is 23.4 Å². The van der Waals surface area contributed by atoms with Crippen molar-refractivity contribution in [1.82, 2.24) is 35.3 Å². The average molecular weight is 739 g/mol. The highest BCUT2D eigenvalue weighted by Crippen LogP contribution is 2.47. The molecule has 278 valence electrons. The van der Waals surface area contributed by atoms with E-state index in [1.165, 1.54) is 16.8 Å². The number of hydrogen-bond acceptors (Lipinski definition) is 12. The molecule has 3 amide bonds. The van der Waals surface area contributed by atoms with Gasteiger partial charge in [-0.2, -0.15) is 10.1 Å². The summed E-state index contributed by atoms with van der Waals surface area (Å²) < 4.78 is 29.5. The highest BCUT2D eigenvalue weighted by Gasteiger charge is 2.46. The lowest BCUT2D eigenvalue weighted by molar-refractivity contribution is -0.141. The number of halogens is 1. The first-order valence-electron chi connectivity index (χ1n) is 17.5. The topological polar surface area (TPSA) is 196 Å². The number of primary amides is 1. The molecule has 17 heteroatoms. The number of ether oxygens (including phenoxy) is 5. The van der Waals surface area contributed by atoms with Crippen LogP contribution in [0.1, 0.15) is 40.0 Å². The first kappa shape index (κ1) is 35.7. The van der Waals surface area contributed by atoms with Crippen molar-refractivity contribution in [3.8, 4) is 23.4 Å². The van der Waals surface area contributed by atoms with E-state index in [4.69, 9.17) is 41.0 Å². The van der Waals surface area contributed by atoms with E-state index >= 15 is 0 Å². The van der Waals surface area contributed by atoms with Gasteiger partial charge in [0.25, 0.3) is 0 Å². The molecule has 2 aromatic heterocycles. The molecule has 7 rings (SSSR count). The highest BCUT2D eigenvalue weighted by atomic mass is 35.5. The zero-order chi connectivity index (χ0) is 36.6. The van der Waals surface area contributed by atoms with E-state index in [1.807, 2.05) is 26.8 Å². The molecule has 16 nitrogen and oxygen atoms in total. The van der Waals surface area contributed by atoms with E-state index in [1.54, 1.807) is 18.2 Å². The molecule has 4 N–H and O–H groups in total. The fourth-order valence-electron chi connectivity index (χ4n) is 6.91. The van der Waals surface area contributed by atoms with Crippen molar-refractivity contribution in [2.45, 2.75) is 64.3 Å². The zero-order valence-corrected chi connectivity index (χ0v) is 30.1. The Kier molecular flexibility index (Phi) is 10.1. The molecule has 2 aliphatic carbocycles. The number of H-pyrrole nitrogens is 1. The minimum atomic E-state index is -1.01. The summed E-state index contributed by atoms with van der Waals surface area (Å²) in [4.78, 5) is 52.1. The van der Waals surface area contributed by atoms with Crippen molar-refractivity contribution in [2.24, 2.45) is 17.1 Å². The van der Waals surface area contributed by atoms with E-state index < -0.39 is 41.5 Å². The molecular weight excluding hydrogens is 696 g/mol. The second-order valence-electron chi connectivity index (χ2n) is 14.6. The second kappa shape index (κ2) is 14.8. The van der Waals surface area contributed by atoms with E-state index in [0.29, 0.717) is 54.7 Å². The molecule has 1 aromatic carbocycles. The number of nitrogens with one attached hydrogen (secondary N) is 2. The molecule has 4 heterocycles. The number of allylic oxidation sites excluding steroid dienone is 1. The van der Waals surface area contributed by atoms with Gasteiger partial charge in [0.2, 0.25) is 17.7 Å². The predicted molar refractivity (Wildman–Crippen MR) is 187 cm³/mol. The van der Waals surface area contributed by atoms with Gasteiger partial charge in [-0.25, -0.2) is 14.9 Å². The van der Waals surface area contributed by atoms with Gasteiger partial charge in [0.1, 0.15) is 59.3 Å². The number of aromatic amines is 1. The fraction of sp³-hybridized carbons (Fsp3) is 0.543. The molecule has 0 spiro atoms. The number of carbonyl (C=O) groups is 3. The summed E-state index contributed by atoms with van der Waals surface area (Å²) in [5, 5.41) is 10.0. The van der Waals surface area contributed by atoms with Gasteiger partial charge in [-0.15, -0.1) is 0 Å². The largest absolute Gasteiger partial charge is 0.491 e. The maximum absolute atomic E-state index is 14.1. The number of benzene rings is 1. The van der Waals surface area contributed by atoms with Crippen molar-refractivity contribution in [2.75, 3.05) is 46.0 Å². The minimum Gasteiger partial charge on any atom is -0.491 e. The fourth-order valence-corrected chi connectivity index (χ4v) is 7.17. The molecule has 1 saturated carbocycles. The van der Waals surface area contributed by atoms with Crippen molar-refractivity contribution in [1.29, 1.82) is 0 Å². The first-order valence-corrected chi connectivity index (χ1v) is 17.8. The third kappa shape index (κ3) is 8.03. The molecule has 3 fully saturated rings. The first-order chi connectivity index (χ1) is 24.9. The summed E-state index contributed by atoms with van der Waals surface area (Å²) in [6.07, 6.45) is 3.52. The van der Waals surface area contributed by atoms with E-state index in [9.17, 15) is 14.4 Å². The SMILES string of the molecule is CC(C)(C)[C@H](NC(=O)O[C@@H]1C=C2C[C@@H]2C1)C(=O)N1CC(Oc2cc(Oc3ncn[nH]3)nc3c(Cl)c(OCCN4CCOCC4)ccc23)C[C@H]1C(N)=O. The molecule has 0 bridgehead atoms. The van der Waals surface area contributed by atoms with Crippen LogP contribution in [0.3, 0.4) is 0 Å². The molecular formula is C35H43ClN8O8. The van der Waals surface area contributed by atoms with Crippen LogP contribution >= 0.6 is 11.6 Å². The van der Waals surface area contributed by atoms with Gasteiger partial charge in [0, 0.05) is 37.5 Å². The smallest absolute Gasteiger partial charge is 0.408 e. The summed E-state index contributed by atoms with van der Waals surface area (Å²) in [5.74, 6) is 0.209. The Morgan fingerprint density at radius 2 is 1.98 bits per heavy atom. The van der Waals surface area contributed by atoms with Crippen LogP contribution in [0.15, 0.2) is 36.2 Å². The highest BCUT2D eigenvalue weighted by molar-refractivity contribution is 6.36. The number of rotatable bonds is 12. The number of amides is 3. The van der Waals surface area contributed by atoms with Crippen LogP contribution in [-0.4, -0.2) is 118 Å². The van der Waals surface area contributed by atoms with Crippen LogP contribution in [0.4, 0.5) is 4.79 Å². The lowest BCUT2D eigenvalue weighted by Crippen LogP contribution is -2.57. The maximum Gasteiger partial charge on any atom is 0.408 e. The van der Waals surface area contributed by atoms with Gasteiger partial charge in [-0.1, -0.05) is 37.9 Å². The number of morpholine rings is 1. The van der Waals surface area contributed by atoms with Crippen LogP contribution in [0, 0.1) is 11.3 Å². The maximum atomic E-state index is 14.1. The van der Waals surface area contributed by atoms with E-state index in [2.05, 4.69) is 30.4 Å².